The number of likely N-dealkylation sites (N-methyl/N-ethyl adjacent to an activating group) is 1. The van der Waals surface area contributed by atoms with E-state index >= 15 is 0 Å². The van der Waals surface area contributed by atoms with E-state index in [0.29, 0.717) is 76.3 Å². The zero-order valence-corrected chi connectivity index (χ0v) is 21.4. The molecule has 188 valence electrons. The molecule has 2 aliphatic carbocycles. The van der Waals surface area contributed by atoms with Crippen LogP contribution in [0.4, 0.5) is 0 Å². The normalized spacial score (nSPS) is 24.2. The van der Waals surface area contributed by atoms with Crippen LogP contribution in [-0.4, -0.2) is 39.7 Å². The lowest BCUT2D eigenvalue weighted by atomic mass is 9.68. The van der Waals surface area contributed by atoms with Crippen molar-refractivity contribution in [3.8, 4) is 0 Å². The average Bonchev–Trinajstić information content (AvgIpc) is 3.41. The Morgan fingerprint density at radius 3 is 2.42 bits per heavy atom. The maximum atomic E-state index is 14.1. The van der Waals surface area contributed by atoms with Crippen LogP contribution < -0.4 is 0 Å². The van der Waals surface area contributed by atoms with Gasteiger partial charge in [-0.15, -0.1) is 0 Å². The summed E-state index contributed by atoms with van der Waals surface area (Å²) in [5.41, 5.74) is 2.28. The molecule has 1 aromatic heterocycles. The molecule has 2 aliphatic heterocycles. The highest BCUT2D eigenvalue weighted by molar-refractivity contribution is 6.08. The number of Topliss-reactive ketones (excluding diaryl/α,β-unsaturated/α-hetero) is 1. The Labute approximate surface area is 209 Å². The summed E-state index contributed by atoms with van der Waals surface area (Å²) in [6.45, 7) is 10.2. The third kappa shape index (κ3) is 3.14. The van der Waals surface area contributed by atoms with Gasteiger partial charge in [-0.05, 0) is 56.7 Å². The van der Waals surface area contributed by atoms with E-state index in [4.69, 9.17) is 9.15 Å². The molecule has 6 rings (SSSR count). The molecule has 1 amide bonds. The molecule has 1 atom stereocenters. The molecule has 7 heteroatoms. The van der Waals surface area contributed by atoms with E-state index in [0.717, 1.165) is 12.8 Å². The van der Waals surface area contributed by atoms with Gasteiger partial charge in [0.05, 0.1) is 22.6 Å². The number of ether oxygens (including phenoxy) is 1. The van der Waals surface area contributed by atoms with Gasteiger partial charge in [-0.2, -0.15) is 0 Å². The molecule has 0 unspecified atom stereocenters. The number of carboxylic acid groups (broad SMARTS) is 1. The summed E-state index contributed by atoms with van der Waals surface area (Å²) in [5.74, 6) is -0.0771. The maximum Gasteiger partial charge on any atom is 0.335 e. The van der Waals surface area contributed by atoms with Crippen LogP contribution in [0.15, 0.2) is 39.2 Å². The average molecular weight is 490 g/mol. The fourth-order valence-electron chi connectivity index (χ4n) is 6.63. The first kappa shape index (κ1) is 23.1. The quantitative estimate of drug-likeness (QED) is 0.608. The Hall–Kier alpha value is -3.35. The summed E-state index contributed by atoms with van der Waals surface area (Å²) in [7, 11) is 0. The van der Waals surface area contributed by atoms with E-state index in [1.54, 1.807) is 13.0 Å². The number of carboxylic acids is 1. The van der Waals surface area contributed by atoms with Gasteiger partial charge in [-0.25, -0.2) is 4.79 Å². The molecule has 1 saturated carbocycles. The van der Waals surface area contributed by atoms with Crippen molar-refractivity contribution in [1.82, 2.24) is 4.90 Å². The molecule has 1 N–H and O–H groups in total. The molecule has 0 bridgehead atoms. The summed E-state index contributed by atoms with van der Waals surface area (Å²) < 4.78 is 12.6. The zero-order valence-electron chi connectivity index (χ0n) is 21.4. The fraction of sp³-hybridized carbons (Fsp3) is 0.483. The monoisotopic (exact) mass is 489 g/mol. The van der Waals surface area contributed by atoms with Crippen molar-refractivity contribution < 1.29 is 28.6 Å². The Bertz CT molecular complexity index is 1450. The predicted molar refractivity (Wildman–Crippen MR) is 133 cm³/mol. The van der Waals surface area contributed by atoms with E-state index in [2.05, 4.69) is 0 Å². The topological polar surface area (TPSA) is 97.0 Å². The lowest BCUT2D eigenvalue weighted by molar-refractivity contribution is -0.132. The molecule has 1 spiro atoms. The summed E-state index contributed by atoms with van der Waals surface area (Å²) in [6.07, 6.45) is 3.40. The largest absolute Gasteiger partial charge is 0.478 e. The van der Waals surface area contributed by atoms with Gasteiger partial charge >= 0.3 is 5.97 Å². The number of carbonyl (C=O) groups excluding carboxylic acids is 2. The van der Waals surface area contributed by atoms with Gasteiger partial charge in [0.25, 0.3) is 5.91 Å². The van der Waals surface area contributed by atoms with Crippen LogP contribution in [0.5, 0.6) is 0 Å². The van der Waals surface area contributed by atoms with Crippen molar-refractivity contribution in [2.75, 3.05) is 6.54 Å². The Kier molecular flexibility index (Phi) is 4.70. The lowest BCUT2D eigenvalue weighted by Gasteiger charge is -2.45. The number of ketones is 1. The SMILES string of the molecule is CCN1C(=O)C2=C(CC13CC3)OC1=C(C(=O)CC(C)(C)C1)[C@@H]2c1cc(C(=O)O)c(C)c2cc(C)oc12. The minimum Gasteiger partial charge on any atom is -0.478 e. The molecule has 7 nitrogen and oxygen atoms in total. The van der Waals surface area contributed by atoms with Crippen LogP contribution in [-0.2, 0) is 14.3 Å². The van der Waals surface area contributed by atoms with Crippen LogP contribution in [0.2, 0.25) is 0 Å². The van der Waals surface area contributed by atoms with Gasteiger partial charge in [0, 0.05) is 42.3 Å². The number of nitrogens with zero attached hydrogens (tertiary/aromatic N) is 1. The summed E-state index contributed by atoms with van der Waals surface area (Å²) in [4.78, 5) is 41.9. The number of aromatic carboxylic acids is 1. The number of carbonyl (C=O) groups is 3. The van der Waals surface area contributed by atoms with Gasteiger partial charge in [0.15, 0.2) is 5.78 Å². The van der Waals surface area contributed by atoms with Gasteiger partial charge in [-0.1, -0.05) is 13.8 Å². The first-order valence-corrected chi connectivity index (χ1v) is 12.7. The molecule has 3 heterocycles. The predicted octanol–water partition coefficient (Wildman–Crippen LogP) is 5.54. The van der Waals surface area contributed by atoms with E-state index in [9.17, 15) is 19.5 Å². The Morgan fingerprint density at radius 2 is 1.78 bits per heavy atom. The Balaban J connectivity index is 1.66. The molecular formula is C29H31NO6. The van der Waals surface area contributed by atoms with Gasteiger partial charge < -0.3 is 19.2 Å². The number of benzene rings is 1. The Morgan fingerprint density at radius 1 is 1.08 bits per heavy atom. The second kappa shape index (κ2) is 7.34. The van der Waals surface area contributed by atoms with Crippen LogP contribution in [0.25, 0.3) is 11.0 Å². The molecule has 0 saturated heterocycles. The van der Waals surface area contributed by atoms with E-state index in [1.807, 2.05) is 38.7 Å². The minimum atomic E-state index is -1.05. The number of rotatable bonds is 3. The number of aryl methyl sites for hydroxylation is 2. The van der Waals surface area contributed by atoms with Crippen LogP contribution in [0.1, 0.15) is 86.0 Å². The van der Waals surface area contributed by atoms with Crippen molar-refractivity contribution >= 4 is 28.6 Å². The third-order valence-electron chi connectivity index (χ3n) is 8.45. The number of amides is 1. The van der Waals surface area contributed by atoms with E-state index in [-0.39, 0.29) is 28.2 Å². The van der Waals surface area contributed by atoms with Crippen molar-refractivity contribution in [2.45, 2.75) is 78.2 Å². The fourth-order valence-corrected chi connectivity index (χ4v) is 6.63. The van der Waals surface area contributed by atoms with E-state index in [1.165, 1.54) is 0 Å². The molecule has 4 aliphatic rings. The molecule has 36 heavy (non-hydrogen) atoms. The summed E-state index contributed by atoms with van der Waals surface area (Å²) in [5, 5.41) is 10.7. The van der Waals surface area contributed by atoms with E-state index < -0.39 is 11.9 Å². The zero-order chi connectivity index (χ0) is 25.7. The molecule has 1 aromatic carbocycles. The van der Waals surface area contributed by atoms with Crippen molar-refractivity contribution in [3.05, 3.63) is 57.2 Å². The molecular weight excluding hydrogens is 458 g/mol. The molecule has 1 fully saturated rings. The third-order valence-corrected chi connectivity index (χ3v) is 8.45. The number of furan rings is 1. The maximum absolute atomic E-state index is 14.1. The number of hydrogen-bond acceptors (Lipinski definition) is 5. The second-order valence-corrected chi connectivity index (χ2v) is 11.6. The second-order valence-electron chi connectivity index (χ2n) is 11.6. The van der Waals surface area contributed by atoms with Crippen LogP contribution in [0, 0.1) is 19.3 Å². The van der Waals surface area contributed by atoms with Gasteiger partial charge in [-0.3, -0.25) is 9.59 Å². The molecule has 2 aromatic rings. The lowest BCUT2D eigenvalue weighted by Crippen LogP contribution is -2.49. The van der Waals surface area contributed by atoms with Crippen molar-refractivity contribution in [1.29, 1.82) is 0 Å². The minimum absolute atomic E-state index is 0.0609. The van der Waals surface area contributed by atoms with Crippen LogP contribution in [0.3, 0.4) is 0 Å². The van der Waals surface area contributed by atoms with Crippen molar-refractivity contribution in [3.63, 3.8) is 0 Å². The van der Waals surface area contributed by atoms with Gasteiger partial charge in [0.2, 0.25) is 0 Å². The van der Waals surface area contributed by atoms with Crippen LogP contribution >= 0.6 is 0 Å². The highest BCUT2D eigenvalue weighted by atomic mass is 16.5. The van der Waals surface area contributed by atoms with Crippen molar-refractivity contribution in [2.24, 2.45) is 5.41 Å². The standard InChI is InChI=1S/C29H31NO6/c1-6-30-26(32)24-21(13-29(30)7-8-29)36-20-12-28(4,5)11-19(31)23(20)22(24)18-10-17(27(33)34)15(3)16-9-14(2)35-25(16)18/h9-10,22H,6-8,11-13H2,1-5H3,(H,33,34)/t22-/m0/s1. The summed E-state index contributed by atoms with van der Waals surface area (Å²) in [6, 6.07) is 3.43. The molecule has 0 radical (unpaired) electrons. The summed E-state index contributed by atoms with van der Waals surface area (Å²) >= 11 is 0. The first-order chi connectivity index (χ1) is 17.0. The highest BCUT2D eigenvalue weighted by Gasteiger charge is 2.58. The highest BCUT2D eigenvalue weighted by Crippen LogP contribution is 2.57. The first-order valence-electron chi connectivity index (χ1n) is 12.7. The number of allylic oxidation sites excluding steroid dienone is 2. The number of fused-ring (bicyclic) bond motifs is 1. The van der Waals surface area contributed by atoms with Gasteiger partial charge in [0.1, 0.15) is 22.9 Å². The number of hydrogen-bond donors (Lipinski definition) is 1. The smallest absolute Gasteiger partial charge is 0.335 e.